The Balaban J connectivity index is 2.20. The Labute approximate surface area is 99.9 Å². The van der Waals surface area contributed by atoms with Gasteiger partial charge in [-0.3, -0.25) is 0 Å². The lowest BCUT2D eigenvalue weighted by Crippen LogP contribution is -2.35. The summed E-state index contributed by atoms with van der Waals surface area (Å²) in [5.41, 5.74) is -0.0982. The molecular weight excluding hydrogens is 196 g/mol. The molecule has 1 heteroatoms. The van der Waals surface area contributed by atoms with Crippen LogP contribution in [0.15, 0.2) is 12.2 Å². The van der Waals surface area contributed by atoms with Crippen molar-refractivity contribution in [1.29, 1.82) is 0 Å². The van der Waals surface area contributed by atoms with Crippen molar-refractivity contribution >= 4 is 0 Å². The van der Waals surface area contributed by atoms with Crippen molar-refractivity contribution in [3.63, 3.8) is 0 Å². The third kappa shape index (κ3) is 1.95. The summed E-state index contributed by atoms with van der Waals surface area (Å²) in [7, 11) is 0. The zero-order chi connectivity index (χ0) is 11.8. The van der Waals surface area contributed by atoms with Gasteiger partial charge < -0.3 is 5.11 Å². The van der Waals surface area contributed by atoms with Crippen molar-refractivity contribution in [2.45, 2.75) is 64.9 Å². The lowest BCUT2D eigenvalue weighted by Gasteiger charge is -2.33. The molecule has 0 aliphatic heterocycles. The van der Waals surface area contributed by atoms with E-state index < -0.39 is 5.60 Å². The molecule has 0 bridgehead atoms. The van der Waals surface area contributed by atoms with E-state index in [0.29, 0.717) is 17.3 Å². The van der Waals surface area contributed by atoms with Crippen LogP contribution in [0.25, 0.3) is 0 Å². The molecule has 1 saturated carbocycles. The number of unbranched alkanes of at least 4 members (excludes halogenated alkanes) is 1. The molecule has 1 nitrogen and oxygen atoms in total. The van der Waals surface area contributed by atoms with E-state index in [9.17, 15) is 5.11 Å². The molecule has 2 rings (SSSR count). The monoisotopic (exact) mass is 222 g/mol. The van der Waals surface area contributed by atoms with Gasteiger partial charge in [0.2, 0.25) is 0 Å². The number of rotatable bonds is 3. The van der Waals surface area contributed by atoms with Gasteiger partial charge in [-0.2, -0.15) is 0 Å². The molecule has 0 heterocycles. The minimum Gasteiger partial charge on any atom is -0.389 e. The summed E-state index contributed by atoms with van der Waals surface area (Å²) in [6.45, 7) is 6.89. The van der Waals surface area contributed by atoms with Crippen LogP contribution in [-0.4, -0.2) is 10.7 Å². The van der Waals surface area contributed by atoms with Crippen LogP contribution in [0.4, 0.5) is 0 Å². The Morgan fingerprint density at radius 3 is 2.81 bits per heavy atom. The lowest BCUT2D eigenvalue weighted by molar-refractivity contribution is -0.00236. The summed E-state index contributed by atoms with van der Waals surface area (Å²) >= 11 is 0. The quantitative estimate of drug-likeness (QED) is 0.718. The molecule has 0 aromatic carbocycles. The van der Waals surface area contributed by atoms with E-state index in [1.54, 1.807) is 0 Å². The van der Waals surface area contributed by atoms with Crippen LogP contribution < -0.4 is 0 Å². The smallest absolute Gasteiger partial charge is 0.0718 e. The zero-order valence-corrected chi connectivity index (χ0v) is 11.0. The SMILES string of the molecule is CCCC[C@@]1(O)CC(C)(C)[C@@H]2CCC=C[C@@H]21. The Kier molecular flexibility index (Phi) is 3.18. The van der Waals surface area contributed by atoms with Crippen LogP contribution in [0.3, 0.4) is 0 Å². The second-order valence-electron chi connectivity index (χ2n) is 6.51. The van der Waals surface area contributed by atoms with E-state index in [2.05, 4.69) is 32.9 Å². The van der Waals surface area contributed by atoms with Gasteiger partial charge in [-0.15, -0.1) is 0 Å². The van der Waals surface area contributed by atoms with E-state index in [1.165, 1.54) is 19.3 Å². The summed E-state index contributed by atoms with van der Waals surface area (Å²) in [5.74, 6) is 1.11. The molecule has 92 valence electrons. The molecule has 16 heavy (non-hydrogen) atoms. The largest absolute Gasteiger partial charge is 0.389 e. The van der Waals surface area contributed by atoms with Crippen molar-refractivity contribution < 1.29 is 5.11 Å². The zero-order valence-electron chi connectivity index (χ0n) is 11.0. The van der Waals surface area contributed by atoms with E-state index >= 15 is 0 Å². The average Bonchev–Trinajstić information content (AvgIpc) is 2.45. The fraction of sp³-hybridized carbons (Fsp3) is 0.867. The van der Waals surface area contributed by atoms with E-state index in [4.69, 9.17) is 0 Å². The normalized spacial score (nSPS) is 41.0. The van der Waals surface area contributed by atoms with Crippen LogP contribution >= 0.6 is 0 Å². The molecule has 0 aromatic heterocycles. The third-order valence-corrected chi connectivity index (χ3v) is 4.77. The molecule has 0 amide bonds. The van der Waals surface area contributed by atoms with Gasteiger partial charge in [0.15, 0.2) is 0 Å². The second kappa shape index (κ2) is 4.18. The molecule has 0 radical (unpaired) electrons. The van der Waals surface area contributed by atoms with Gasteiger partial charge in [0.25, 0.3) is 0 Å². The molecule has 0 saturated heterocycles. The van der Waals surface area contributed by atoms with Gasteiger partial charge in [0, 0.05) is 5.92 Å². The van der Waals surface area contributed by atoms with Gasteiger partial charge in [-0.05, 0) is 37.0 Å². The van der Waals surface area contributed by atoms with E-state index in [-0.39, 0.29) is 0 Å². The molecule has 2 aliphatic carbocycles. The molecule has 0 aromatic rings. The van der Waals surface area contributed by atoms with Gasteiger partial charge in [0.1, 0.15) is 0 Å². The van der Waals surface area contributed by atoms with Crippen molar-refractivity contribution in [2.24, 2.45) is 17.3 Å². The molecule has 0 spiro atoms. The van der Waals surface area contributed by atoms with Crippen LogP contribution in [0.2, 0.25) is 0 Å². The maximum atomic E-state index is 10.9. The van der Waals surface area contributed by atoms with Gasteiger partial charge in [0.05, 0.1) is 5.60 Å². The highest BCUT2D eigenvalue weighted by atomic mass is 16.3. The van der Waals surface area contributed by atoms with E-state index in [0.717, 1.165) is 19.3 Å². The number of fused-ring (bicyclic) bond motifs is 1. The summed E-state index contributed by atoms with van der Waals surface area (Å²) in [6, 6.07) is 0. The first-order valence-electron chi connectivity index (χ1n) is 6.89. The molecule has 2 aliphatic rings. The topological polar surface area (TPSA) is 20.2 Å². The maximum Gasteiger partial charge on any atom is 0.0718 e. The predicted molar refractivity (Wildman–Crippen MR) is 68.2 cm³/mol. The van der Waals surface area contributed by atoms with Crippen LogP contribution in [-0.2, 0) is 0 Å². The second-order valence-corrected chi connectivity index (χ2v) is 6.51. The standard InChI is InChI=1S/C15H26O/c1-4-5-10-15(16)11-14(2,3)12-8-6-7-9-13(12)15/h7,9,12-13,16H,4-6,8,10-11H2,1-3H3/t12-,13+,15-/m1/s1. The highest BCUT2D eigenvalue weighted by Gasteiger charge is 2.54. The third-order valence-electron chi connectivity index (χ3n) is 4.77. The van der Waals surface area contributed by atoms with Crippen molar-refractivity contribution in [1.82, 2.24) is 0 Å². The fourth-order valence-electron chi connectivity index (χ4n) is 4.04. The maximum absolute atomic E-state index is 10.9. The first-order chi connectivity index (χ1) is 7.49. The average molecular weight is 222 g/mol. The Bertz CT molecular complexity index is 279. The van der Waals surface area contributed by atoms with Crippen molar-refractivity contribution in [2.75, 3.05) is 0 Å². The molecule has 0 unspecified atom stereocenters. The van der Waals surface area contributed by atoms with Gasteiger partial charge in [-0.1, -0.05) is 45.8 Å². The highest BCUT2D eigenvalue weighted by molar-refractivity contribution is 5.14. The van der Waals surface area contributed by atoms with Gasteiger partial charge >= 0.3 is 0 Å². The van der Waals surface area contributed by atoms with Crippen LogP contribution in [0.1, 0.15) is 59.3 Å². The van der Waals surface area contributed by atoms with Crippen LogP contribution in [0.5, 0.6) is 0 Å². The summed E-state index contributed by atoms with van der Waals surface area (Å²) < 4.78 is 0. The lowest BCUT2D eigenvalue weighted by atomic mass is 9.73. The number of hydrogen-bond acceptors (Lipinski definition) is 1. The first-order valence-corrected chi connectivity index (χ1v) is 6.89. The number of allylic oxidation sites excluding steroid dienone is 1. The Morgan fingerprint density at radius 1 is 1.38 bits per heavy atom. The number of hydrogen-bond donors (Lipinski definition) is 1. The van der Waals surface area contributed by atoms with Crippen molar-refractivity contribution in [3.05, 3.63) is 12.2 Å². The van der Waals surface area contributed by atoms with Crippen LogP contribution in [0, 0.1) is 17.3 Å². The minimum absolute atomic E-state index is 0.317. The van der Waals surface area contributed by atoms with Crippen molar-refractivity contribution in [3.8, 4) is 0 Å². The Morgan fingerprint density at radius 2 is 2.12 bits per heavy atom. The molecule has 1 N–H and O–H groups in total. The van der Waals surface area contributed by atoms with Gasteiger partial charge in [-0.25, -0.2) is 0 Å². The number of aliphatic hydroxyl groups is 1. The predicted octanol–water partition coefficient (Wildman–Crippen LogP) is 3.92. The molecular formula is C15H26O. The first kappa shape index (κ1) is 12.2. The highest BCUT2D eigenvalue weighted by Crippen LogP contribution is 2.57. The molecule has 3 atom stereocenters. The molecule has 1 fully saturated rings. The summed E-state index contributed by atoms with van der Waals surface area (Å²) in [4.78, 5) is 0. The van der Waals surface area contributed by atoms with E-state index in [1.807, 2.05) is 0 Å². The minimum atomic E-state index is -0.416. The summed E-state index contributed by atoms with van der Waals surface area (Å²) in [5, 5.41) is 10.9. The fourth-order valence-corrected chi connectivity index (χ4v) is 4.04. The summed E-state index contributed by atoms with van der Waals surface area (Å²) in [6.07, 6.45) is 11.4. The Hall–Kier alpha value is -0.300.